The molecule has 4 N–H and O–H groups in total. The molecule has 2 aromatic rings. The normalized spacial score (nSPS) is 12.6. The van der Waals surface area contributed by atoms with Gasteiger partial charge >= 0.3 is 0 Å². The van der Waals surface area contributed by atoms with Gasteiger partial charge in [-0.25, -0.2) is 0 Å². The molecule has 9 heteroatoms. The Balaban J connectivity index is 2.68. The molecular weight excluding hydrogens is 432 g/mol. The number of hydrogen-bond acceptors (Lipinski definition) is 8. The molecule has 7 nitrogen and oxygen atoms in total. The van der Waals surface area contributed by atoms with E-state index >= 15 is 0 Å². The molecular formula is C22H28N4O3S2. The monoisotopic (exact) mass is 460 g/mol. The summed E-state index contributed by atoms with van der Waals surface area (Å²) in [6.07, 6.45) is 3.32. The van der Waals surface area contributed by atoms with E-state index in [1.54, 1.807) is 61.0 Å². The van der Waals surface area contributed by atoms with Crippen LogP contribution in [0.2, 0.25) is 0 Å². The van der Waals surface area contributed by atoms with E-state index in [0.717, 1.165) is 29.2 Å². The van der Waals surface area contributed by atoms with E-state index in [1.807, 2.05) is 11.8 Å². The number of hydrogen-bond donors (Lipinski definition) is 2. The first-order valence-corrected chi connectivity index (χ1v) is 12.1. The number of likely N-dealkylation sites (N-methyl/N-ethyl adjacent to an activating group) is 1. The number of amides is 1. The maximum Gasteiger partial charge on any atom is 0.224 e. The Hall–Kier alpha value is -2.65. The SMILES string of the molecule is CCN(c1ccc(N)cc1)[C@H](C(=O)SC)[C@H](C(=O)SC)N(C(C)=O)c1ccc(N)cc1. The average Bonchev–Trinajstić information content (AvgIpc) is 2.76. The Morgan fingerprint density at radius 1 is 0.806 bits per heavy atom. The second-order valence-corrected chi connectivity index (χ2v) is 8.42. The lowest BCUT2D eigenvalue weighted by Gasteiger charge is -2.40. The lowest BCUT2D eigenvalue weighted by Crippen LogP contribution is -2.59. The number of rotatable bonds is 8. The summed E-state index contributed by atoms with van der Waals surface area (Å²) in [5.41, 5.74) is 14.0. The smallest absolute Gasteiger partial charge is 0.224 e. The van der Waals surface area contributed by atoms with E-state index in [4.69, 9.17) is 11.5 Å². The van der Waals surface area contributed by atoms with E-state index in [1.165, 1.54) is 11.8 Å². The van der Waals surface area contributed by atoms with Crippen molar-refractivity contribution in [3.8, 4) is 0 Å². The molecule has 1 amide bonds. The predicted octanol–water partition coefficient (Wildman–Crippen LogP) is 3.25. The maximum atomic E-state index is 13.2. The fraction of sp³-hybridized carbons (Fsp3) is 0.318. The number of carbonyl (C=O) groups is 3. The first-order valence-electron chi connectivity index (χ1n) is 9.68. The molecule has 31 heavy (non-hydrogen) atoms. The van der Waals surface area contributed by atoms with Crippen LogP contribution in [-0.2, 0) is 14.4 Å². The molecule has 166 valence electrons. The van der Waals surface area contributed by atoms with Crippen LogP contribution in [0.5, 0.6) is 0 Å². The Morgan fingerprint density at radius 2 is 1.23 bits per heavy atom. The third kappa shape index (κ3) is 5.74. The third-order valence-electron chi connectivity index (χ3n) is 4.87. The van der Waals surface area contributed by atoms with Crippen molar-refractivity contribution in [2.24, 2.45) is 0 Å². The van der Waals surface area contributed by atoms with Crippen LogP contribution in [0.15, 0.2) is 48.5 Å². The van der Waals surface area contributed by atoms with E-state index in [-0.39, 0.29) is 16.1 Å². The molecule has 0 saturated carbocycles. The van der Waals surface area contributed by atoms with Gasteiger partial charge in [-0.1, -0.05) is 23.5 Å². The standard InChI is InChI=1S/C22H28N4O3S2/c1-5-25(17-10-6-15(23)7-11-17)19(21(28)30-3)20(22(29)31-4)26(14(2)27)18-12-8-16(24)9-13-18/h6-13,19-20H,5,23-24H2,1-4H3/t19-,20+/m0/s1. The molecule has 0 fully saturated rings. The summed E-state index contributed by atoms with van der Waals surface area (Å²) in [6.45, 7) is 3.74. The van der Waals surface area contributed by atoms with Crippen LogP contribution in [-0.4, -0.2) is 47.3 Å². The maximum absolute atomic E-state index is 13.2. The Bertz CT molecular complexity index is 919. The van der Waals surface area contributed by atoms with Crippen LogP contribution < -0.4 is 21.3 Å². The van der Waals surface area contributed by atoms with Gasteiger partial charge in [0.15, 0.2) is 0 Å². The number of nitrogen functional groups attached to an aromatic ring is 2. The van der Waals surface area contributed by atoms with Crippen LogP contribution in [0.25, 0.3) is 0 Å². The molecule has 2 rings (SSSR count). The molecule has 2 aromatic carbocycles. The first kappa shape index (κ1) is 24.6. The minimum atomic E-state index is -1.03. The van der Waals surface area contributed by atoms with Crippen molar-refractivity contribution < 1.29 is 14.4 Å². The Morgan fingerprint density at radius 3 is 1.61 bits per heavy atom. The number of benzene rings is 2. The lowest BCUT2D eigenvalue weighted by atomic mass is 10.0. The molecule has 0 aliphatic rings. The van der Waals surface area contributed by atoms with Crippen LogP contribution >= 0.6 is 23.5 Å². The van der Waals surface area contributed by atoms with Gasteiger partial charge in [0.05, 0.1) is 0 Å². The van der Waals surface area contributed by atoms with Crippen LogP contribution in [0.1, 0.15) is 13.8 Å². The number of nitrogens with two attached hydrogens (primary N) is 2. The van der Waals surface area contributed by atoms with Gasteiger partial charge in [0.25, 0.3) is 0 Å². The molecule has 0 bridgehead atoms. The number of thioether (sulfide) groups is 2. The predicted molar refractivity (Wildman–Crippen MR) is 133 cm³/mol. The molecule has 0 aliphatic carbocycles. The molecule has 2 atom stereocenters. The van der Waals surface area contributed by atoms with Gasteiger partial charge in [0.1, 0.15) is 12.1 Å². The zero-order valence-corrected chi connectivity index (χ0v) is 19.7. The third-order valence-corrected chi connectivity index (χ3v) is 6.16. The molecule has 0 heterocycles. The molecule has 0 saturated heterocycles. The lowest BCUT2D eigenvalue weighted by molar-refractivity contribution is -0.122. The van der Waals surface area contributed by atoms with Crippen molar-refractivity contribution in [3.05, 3.63) is 48.5 Å². The number of nitrogens with zero attached hydrogens (tertiary/aromatic N) is 2. The number of carbonyl (C=O) groups excluding carboxylic acids is 3. The van der Waals surface area contributed by atoms with Crippen molar-refractivity contribution >= 4 is 62.4 Å². The van der Waals surface area contributed by atoms with E-state index in [9.17, 15) is 14.4 Å². The topological polar surface area (TPSA) is 110 Å². The molecule has 0 unspecified atom stereocenters. The van der Waals surface area contributed by atoms with Crippen molar-refractivity contribution in [1.29, 1.82) is 0 Å². The average molecular weight is 461 g/mol. The van der Waals surface area contributed by atoms with Crippen molar-refractivity contribution in [3.63, 3.8) is 0 Å². The fourth-order valence-corrected chi connectivity index (χ4v) is 4.40. The highest BCUT2D eigenvalue weighted by Gasteiger charge is 2.42. The Kier molecular flexibility index (Phi) is 8.82. The summed E-state index contributed by atoms with van der Waals surface area (Å²) >= 11 is 2.03. The van der Waals surface area contributed by atoms with Crippen LogP contribution in [0.4, 0.5) is 22.7 Å². The van der Waals surface area contributed by atoms with Gasteiger partial charge < -0.3 is 16.4 Å². The van der Waals surface area contributed by atoms with Gasteiger partial charge in [-0.3, -0.25) is 19.3 Å². The molecule has 0 aliphatic heterocycles. The zero-order chi connectivity index (χ0) is 23.1. The van der Waals surface area contributed by atoms with Crippen molar-refractivity contribution in [1.82, 2.24) is 0 Å². The van der Waals surface area contributed by atoms with Crippen molar-refractivity contribution in [2.75, 3.05) is 40.3 Å². The van der Waals surface area contributed by atoms with Gasteiger partial charge in [-0.15, -0.1) is 0 Å². The van der Waals surface area contributed by atoms with Gasteiger partial charge in [0, 0.05) is 36.2 Å². The molecule has 0 radical (unpaired) electrons. The van der Waals surface area contributed by atoms with Crippen LogP contribution in [0.3, 0.4) is 0 Å². The highest BCUT2D eigenvalue weighted by molar-refractivity contribution is 8.13. The quantitative estimate of drug-likeness (QED) is 0.578. The summed E-state index contributed by atoms with van der Waals surface area (Å²) in [5, 5.41) is -0.499. The Labute approximate surface area is 191 Å². The first-order chi connectivity index (χ1) is 14.7. The summed E-state index contributed by atoms with van der Waals surface area (Å²) in [5.74, 6) is -0.343. The van der Waals surface area contributed by atoms with Gasteiger partial charge in [0.2, 0.25) is 16.1 Å². The molecule has 0 spiro atoms. The van der Waals surface area contributed by atoms with E-state index in [0.29, 0.717) is 23.6 Å². The second kappa shape index (κ2) is 11.1. The molecule has 0 aromatic heterocycles. The summed E-state index contributed by atoms with van der Waals surface area (Å²) in [6, 6.07) is 11.8. The summed E-state index contributed by atoms with van der Waals surface area (Å²) in [7, 11) is 0. The van der Waals surface area contributed by atoms with E-state index < -0.39 is 12.1 Å². The van der Waals surface area contributed by atoms with Crippen molar-refractivity contribution in [2.45, 2.75) is 25.9 Å². The minimum absolute atomic E-state index is 0.215. The summed E-state index contributed by atoms with van der Waals surface area (Å²) < 4.78 is 0. The largest absolute Gasteiger partial charge is 0.399 e. The fourth-order valence-electron chi connectivity index (χ4n) is 3.42. The van der Waals surface area contributed by atoms with Crippen LogP contribution in [0, 0.1) is 0 Å². The minimum Gasteiger partial charge on any atom is -0.399 e. The van der Waals surface area contributed by atoms with E-state index in [2.05, 4.69) is 0 Å². The van der Waals surface area contributed by atoms with Gasteiger partial charge in [-0.05, 0) is 68.0 Å². The second-order valence-electron chi connectivity index (χ2n) is 6.79. The zero-order valence-electron chi connectivity index (χ0n) is 18.1. The summed E-state index contributed by atoms with van der Waals surface area (Å²) in [4.78, 5) is 42.4. The highest BCUT2D eigenvalue weighted by atomic mass is 32.2. The highest BCUT2D eigenvalue weighted by Crippen LogP contribution is 2.30. The van der Waals surface area contributed by atoms with Gasteiger partial charge in [-0.2, -0.15) is 0 Å². The number of anilines is 4.